The van der Waals surface area contributed by atoms with Crippen molar-refractivity contribution in [3.8, 4) is 23.0 Å². The molecule has 140 valence electrons. The van der Waals surface area contributed by atoms with E-state index in [-0.39, 0.29) is 22.6 Å². The van der Waals surface area contributed by atoms with Crippen LogP contribution in [0, 0.1) is 0 Å². The van der Waals surface area contributed by atoms with Gasteiger partial charge in [-0.1, -0.05) is 12.1 Å². The van der Waals surface area contributed by atoms with Crippen molar-refractivity contribution in [2.24, 2.45) is 0 Å². The highest BCUT2D eigenvalue weighted by Gasteiger charge is 2.15. The minimum absolute atomic E-state index is 0.0989. The van der Waals surface area contributed by atoms with Gasteiger partial charge in [-0.25, -0.2) is 9.59 Å². The number of rotatable bonds is 6. The Morgan fingerprint density at radius 2 is 1.00 bits per heavy atom. The molecule has 0 aliphatic carbocycles. The molecule has 2 N–H and O–H groups in total. The topological polar surface area (TPSA) is 112 Å². The first-order valence-corrected chi connectivity index (χ1v) is 7.29. The minimum atomic E-state index is -1.03. The van der Waals surface area contributed by atoms with Crippen LogP contribution in [0.25, 0.3) is 0 Å². The second kappa shape index (κ2) is 9.77. The third kappa shape index (κ3) is 4.79. The molecule has 2 aromatic carbocycles. The van der Waals surface area contributed by atoms with Gasteiger partial charge in [0.1, 0.15) is 11.1 Å². The fraction of sp³-hybridized carbons (Fsp3) is 0.222. The predicted molar refractivity (Wildman–Crippen MR) is 93.0 cm³/mol. The normalized spacial score (nSPS) is 9.38. The highest BCUT2D eigenvalue weighted by molar-refractivity contribution is 5.92. The number of methoxy groups -OCH3 is 4. The Kier molecular flexibility index (Phi) is 7.75. The van der Waals surface area contributed by atoms with Crippen molar-refractivity contribution in [2.45, 2.75) is 0 Å². The predicted octanol–water partition coefficient (Wildman–Crippen LogP) is 2.80. The summed E-state index contributed by atoms with van der Waals surface area (Å²) in [5.41, 5.74) is 0.198. The Balaban J connectivity index is 0.000000260. The van der Waals surface area contributed by atoms with Crippen molar-refractivity contribution in [2.75, 3.05) is 28.4 Å². The molecule has 0 saturated heterocycles. The molecule has 0 aromatic heterocycles. The lowest BCUT2D eigenvalue weighted by Crippen LogP contribution is -2.01. The molecule has 0 amide bonds. The number of aromatic carboxylic acids is 2. The Labute approximate surface area is 150 Å². The summed E-state index contributed by atoms with van der Waals surface area (Å²) in [4.78, 5) is 21.4. The summed E-state index contributed by atoms with van der Waals surface area (Å²) in [6.45, 7) is 0. The average molecular weight is 364 g/mol. The van der Waals surface area contributed by atoms with E-state index < -0.39 is 11.9 Å². The molecule has 0 heterocycles. The smallest absolute Gasteiger partial charge is 0.339 e. The Morgan fingerprint density at radius 1 is 0.654 bits per heavy atom. The highest BCUT2D eigenvalue weighted by atomic mass is 16.5. The summed E-state index contributed by atoms with van der Waals surface area (Å²) >= 11 is 0. The summed E-state index contributed by atoms with van der Waals surface area (Å²) in [6, 6.07) is 9.42. The van der Waals surface area contributed by atoms with Crippen molar-refractivity contribution in [3.05, 3.63) is 47.5 Å². The van der Waals surface area contributed by atoms with E-state index in [1.807, 2.05) is 0 Å². The second-order valence-corrected chi connectivity index (χ2v) is 4.69. The number of carboxylic acids is 2. The van der Waals surface area contributed by atoms with E-state index >= 15 is 0 Å². The molecule has 0 saturated carbocycles. The van der Waals surface area contributed by atoms with E-state index in [9.17, 15) is 9.59 Å². The highest BCUT2D eigenvalue weighted by Crippen LogP contribution is 2.31. The number of hydrogen-bond donors (Lipinski definition) is 2. The van der Waals surface area contributed by atoms with Crippen LogP contribution in [0.4, 0.5) is 0 Å². The fourth-order valence-corrected chi connectivity index (χ4v) is 2.11. The van der Waals surface area contributed by atoms with Gasteiger partial charge in [0.15, 0.2) is 23.0 Å². The molecular formula is C18H20O8. The molecule has 0 atom stereocenters. The van der Waals surface area contributed by atoms with Gasteiger partial charge >= 0.3 is 11.9 Å². The fourth-order valence-electron chi connectivity index (χ4n) is 2.11. The molecule has 2 rings (SSSR count). The zero-order valence-corrected chi connectivity index (χ0v) is 14.8. The lowest BCUT2D eigenvalue weighted by atomic mass is 10.2. The molecule has 0 spiro atoms. The molecular weight excluding hydrogens is 344 g/mol. The van der Waals surface area contributed by atoms with Crippen LogP contribution >= 0.6 is 0 Å². The number of carboxylic acid groups (broad SMARTS) is 2. The molecule has 26 heavy (non-hydrogen) atoms. The molecule has 0 bridgehead atoms. The van der Waals surface area contributed by atoms with E-state index in [0.29, 0.717) is 11.5 Å². The quantitative estimate of drug-likeness (QED) is 0.805. The van der Waals surface area contributed by atoms with Crippen LogP contribution in [-0.2, 0) is 0 Å². The maximum atomic E-state index is 10.7. The third-order valence-corrected chi connectivity index (χ3v) is 3.27. The third-order valence-electron chi connectivity index (χ3n) is 3.27. The molecule has 0 unspecified atom stereocenters. The van der Waals surface area contributed by atoms with Crippen LogP contribution in [0.1, 0.15) is 20.7 Å². The summed E-state index contributed by atoms with van der Waals surface area (Å²) in [5.74, 6) is -0.730. The largest absolute Gasteiger partial charge is 0.493 e. The van der Waals surface area contributed by atoms with Crippen LogP contribution in [0.15, 0.2) is 36.4 Å². The monoisotopic (exact) mass is 364 g/mol. The van der Waals surface area contributed by atoms with E-state index in [4.69, 9.17) is 29.2 Å². The van der Waals surface area contributed by atoms with Crippen LogP contribution < -0.4 is 18.9 Å². The molecule has 0 fully saturated rings. The van der Waals surface area contributed by atoms with Gasteiger partial charge in [-0.05, 0) is 24.3 Å². The molecule has 8 heteroatoms. The van der Waals surface area contributed by atoms with Crippen molar-refractivity contribution in [1.82, 2.24) is 0 Å². The Bertz CT molecular complexity index is 704. The van der Waals surface area contributed by atoms with Gasteiger partial charge in [0.05, 0.1) is 28.4 Å². The number of hydrogen-bond acceptors (Lipinski definition) is 6. The van der Waals surface area contributed by atoms with Crippen molar-refractivity contribution < 1.29 is 38.7 Å². The number of para-hydroxylation sites is 2. The van der Waals surface area contributed by atoms with Crippen LogP contribution in [0.2, 0.25) is 0 Å². The van der Waals surface area contributed by atoms with Gasteiger partial charge in [-0.15, -0.1) is 0 Å². The zero-order chi connectivity index (χ0) is 19.7. The SMILES string of the molecule is COc1cccc(C(=O)O)c1OC.COc1cccc(C(=O)O)c1OC. The zero-order valence-electron chi connectivity index (χ0n) is 14.8. The van der Waals surface area contributed by atoms with E-state index in [1.54, 1.807) is 24.3 Å². The lowest BCUT2D eigenvalue weighted by molar-refractivity contribution is 0.0681. The summed E-state index contributed by atoms with van der Waals surface area (Å²) in [5, 5.41) is 17.6. The maximum Gasteiger partial charge on any atom is 0.339 e. The van der Waals surface area contributed by atoms with Gasteiger partial charge in [-0.2, -0.15) is 0 Å². The van der Waals surface area contributed by atoms with E-state index in [2.05, 4.69) is 0 Å². The van der Waals surface area contributed by atoms with Crippen LogP contribution in [-0.4, -0.2) is 50.6 Å². The lowest BCUT2D eigenvalue weighted by Gasteiger charge is -2.08. The summed E-state index contributed by atoms with van der Waals surface area (Å²) in [7, 11) is 5.74. The first kappa shape index (κ1) is 20.6. The van der Waals surface area contributed by atoms with Gasteiger partial charge in [0.25, 0.3) is 0 Å². The Morgan fingerprint density at radius 3 is 1.23 bits per heavy atom. The maximum absolute atomic E-state index is 10.7. The molecule has 8 nitrogen and oxygen atoms in total. The molecule has 0 aliphatic rings. The first-order valence-electron chi connectivity index (χ1n) is 7.29. The second-order valence-electron chi connectivity index (χ2n) is 4.69. The first-order chi connectivity index (χ1) is 12.4. The number of benzene rings is 2. The summed E-state index contributed by atoms with van der Waals surface area (Å²) in [6.07, 6.45) is 0. The van der Waals surface area contributed by atoms with Gasteiger partial charge in [-0.3, -0.25) is 0 Å². The Hall–Kier alpha value is -3.42. The van der Waals surface area contributed by atoms with Crippen molar-refractivity contribution in [3.63, 3.8) is 0 Å². The van der Waals surface area contributed by atoms with E-state index in [0.717, 1.165) is 0 Å². The van der Waals surface area contributed by atoms with Gasteiger partial charge in [0, 0.05) is 0 Å². The molecule has 0 radical (unpaired) electrons. The minimum Gasteiger partial charge on any atom is -0.493 e. The van der Waals surface area contributed by atoms with Gasteiger partial charge in [0.2, 0.25) is 0 Å². The van der Waals surface area contributed by atoms with Crippen LogP contribution in [0.5, 0.6) is 23.0 Å². The number of carbonyl (C=O) groups is 2. The van der Waals surface area contributed by atoms with Crippen molar-refractivity contribution >= 4 is 11.9 Å². The van der Waals surface area contributed by atoms with Crippen LogP contribution in [0.3, 0.4) is 0 Å². The summed E-state index contributed by atoms with van der Waals surface area (Å²) < 4.78 is 19.7. The van der Waals surface area contributed by atoms with Gasteiger partial charge < -0.3 is 29.2 Å². The standard InChI is InChI=1S/2C9H10O4/c2*1-12-7-5-3-4-6(9(10)11)8(7)13-2/h2*3-5H,1-2H3,(H,10,11). The molecule has 2 aromatic rings. The van der Waals surface area contributed by atoms with E-state index in [1.165, 1.54) is 40.6 Å². The van der Waals surface area contributed by atoms with Crippen molar-refractivity contribution in [1.29, 1.82) is 0 Å². The molecule has 0 aliphatic heterocycles. The average Bonchev–Trinajstić information content (AvgIpc) is 2.66. The number of ether oxygens (including phenoxy) is 4.